The van der Waals surface area contributed by atoms with Gasteiger partial charge in [0.05, 0.1) is 51.2 Å². The van der Waals surface area contributed by atoms with E-state index in [0.717, 1.165) is 50.9 Å². The summed E-state index contributed by atoms with van der Waals surface area (Å²) in [4.78, 5) is 25.7. The zero-order valence-electron chi connectivity index (χ0n) is 34.0. The van der Waals surface area contributed by atoms with Gasteiger partial charge in [0, 0.05) is 6.08 Å². The van der Waals surface area contributed by atoms with Crippen LogP contribution >= 0.6 is 0 Å². The highest BCUT2D eigenvalue weighted by molar-refractivity contribution is 5.87. The Labute approximate surface area is 342 Å². The Bertz CT molecular complexity index is 1720. The van der Waals surface area contributed by atoms with E-state index in [0.29, 0.717) is 18.4 Å². The van der Waals surface area contributed by atoms with Gasteiger partial charge in [0.25, 0.3) is 0 Å². The number of carbonyl (C=O) groups excluding carboxylic acids is 2. The number of esters is 1. The second-order valence-corrected chi connectivity index (χ2v) is 18.4. The Kier molecular flexibility index (Phi) is 12.3. The standard InChI is InChI=1S/C42H60O17/c1-38-11-10-29(39(2,18-43)27(38)9-12-40-15-23(6-7-28(38)40)41(51,17-40)19-44)59-36-34(49)33(48)32(47)26(58-36)16-55-37-35(50)42(52,21-57-37)20-56-30(45)8-5-22-13-24(53-3)31(46)25(14-22)54-4/h5,8,13-14,18,23,26-29,32-37,44,46-52H,6-7,9-12,15-17,19-21H2,1-4H3/b8-5+/t23-,26-,27+,28+,29-,32-,33+,34-,35+,36+,37-,38-,39+,40+,41+,42-/m1/s1. The number of phenolic OH excluding ortho intramolecular Hbond substituents is 1. The Hall–Kier alpha value is -2.94. The van der Waals surface area contributed by atoms with Crippen molar-refractivity contribution in [3.8, 4) is 17.2 Å². The van der Waals surface area contributed by atoms with Crippen LogP contribution < -0.4 is 9.47 Å². The lowest BCUT2D eigenvalue weighted by Gasteiger charge is -2.64. The Balaban J connectivity index is 0.951. The summed E-state index contributed by atoms with van der Waals surface area (Å²) in [7, 11) is 2.71. The molecule has 59 heavy (non-hydrogen) atoms. The van der Waals surface area contributed by atoms with E-state index in [2.05, 4.69) is 6.92 Å². The number of aliphatic hydroxyl groups excluding tert-OH is 5. The van der Waals surface area contributed by atoms with E-state index >= 15 is 0 Å². The molecule has 6 aliphatic rings. The zero-order chi connectivity index (χ0) is 42.7. The van der Waals surface area contributed by atoms with Crippen LogP contribution in [-0.2, 0) is 33.3 Å². The molecule has 2 saturated heterocycles. The second-order valence-electron chi connectivity index (χ2n) is 18.4. The number of ether oxygens (including phenoxy) is 7. The molecular weight excluding hydrogens is 776 g/mol. The molecule has 7 rings (SSSR count). The summed E-state index contributed by atoms with van der Waals surface area (Å²) in [6, 6.07) is 2.93. The Morgan fingerprint density at radius 1 is 0.915 bits per heavy atom. The number of hydrogen-bond donors (Lipinski definition) is 8. The van der Waals surface area contributed by atoms with Crippen molar-refractivity contribution in [3.05, 3.63) is 23.8 Å². The van der Waals surface area contributed by atoms with Crippen molar-refractivity contribution in [1.82, 2.24) is 0 Å². The van der Waals surface area contributed by atoms with Crippen molar-refractivity contribution in [1.29, 1.82) is 0 Å². The van der Waals surface area contributed by atoms with Crippen LogP contribution in [0.15, 0.2) is 18.2 Å². The lowest BCUT2D eigenvalue weighted by atomic mass is 9.40. The SMILES string of the molecule is COc1cc(/C=C/C(=O)OC[C@@]2(O)CO[C@@H](OC[C@H]3O[C@@H](O[C@@H]4CC[C@@]5(C)[C@@H]6CC[C@@H]7C[C@@]6(CC[C@@H]5[C@]4(C)C=O)C[C@]7(O)CO)[C@H](O)[C@@H](O)[C@@H]3O)[C@@H]2O)cc(OC)c1O. The number of aldehydes is 1. The number of aromatic hydroxyl groups is 1. The Morgan fingerprint density at radius 2 is 1.63 bits per heavy atom. The first-order chi connectivity index (χ1) is 27.9. The smallest absolute Gasteiger partial charge is 0.330 e. The van der Waals surface area contributed by atoms with Crippen molar-refractivity contribution < 1.29 is 83.6 Å². The van der Waals surface area contributed by atoms with Gasteiger partial charge in [-0.2, -0.15) is 0 Å². The number of aliphatic hydroxyl groups is 7. The van der Waals surface area contributed by atoms with E-state index in [1.807, 2.05) is 6.92 Å². The minimum Gasteiger partial charge on any atom is -0.502 e. The van der Waals surface area contributed by atoms with Crippen molar-refractivity contribution in [2.24, 2.45) is 34.0 Å². The molecule has 0 unspecified atom stereocenters. The molecule has 2 heterocycles. The predicted molar refractivity (Wildman–Crippen MR) is 204 cm³/mol. The number of carbonyl (C=O) groups is 2. The third-order valence-corrected chi connectivity index (χ3v) is 15.1. The summed E-state index contributed by atoms with van der Waals surface area (Å²) in [6.45, 7) is 2.22. The lowest BCUT2D eigenvalue weighted by Crippen LogP contribution is -2.64. The van der Waals surface area contributed by atoms with Crippen LogP contribution in [-0.4, -0.2) is 154 Å². The molecular formula is C42H60O17. The maximum Gasteiger partial charge on any atom is 0.330 e. The molecule has 1 aromatic carbocycles. The molecule has 17 nitrogen and oxygen atoms in total. The molecule has 0 aromatic heterocycles. The van der Waals surface area contributed by atoms with Crippen LogP contribution in [0, 0.1) is 34.0 Å². The monoisotopic (exact) mass is 836 g/mol. The van der Waals surface area contributed by atoms with Gasteiger partial charge in [-0.15, -0.1) is 0 Å². The van der Waals surface area contributed by atoms with E-state index in [1.54, 1.807) is 0 Å². The average Bonchev–Trinajstić information content (AvgIpc) is 3.63. The normalized spacial score (nSPS) is 45.4. The van der Waals surface area contributed by atoms with Crippen LogP contribution in [0.1, 0.15) is 70.8 Å². The number of hydrogen-bond acceptors (Lipinski definition) is 17. The number of methoxy groups -OCH3 is 2. The third-order valence-electron chi connectivity index (χ3n) is 15.1. The van der Waals surface area contributed by atoms with Crippen molar-refractivity contribution in [2.75, 3.05) is 40.6 Å². The Morgan fingerprint density at radius 3 is 2.29 bits per heavy atom. The number of benzene rings is 1. The third kappa shape index (κ3) is 7.57. The summed E-state index contributed by atoms with van der Waals surface area (Å²) in [5, 5.41) is 86.4. The van der Waals surface area contributed by atoms with Gasteiger partial charge in [-0.3, -0.25) is 0 Å². The van der Waals surface area contributed by atoms with Gasteiger partial charge in [-0.05, 0) is 104 Å². The van der Waals surface area contributed by atoms with Gasteiger partial charge >= 0.3 is 5.97 Å². The molecule has 1 aromatic rings. The highest BCUT2D eigenvalue weighted by atomic mass is 16.7. The van der Waals surface area contributed by atoms with Gasteiger partial charge in [0.1, 0.15) is 43.4 Å². The summed E-state index contributed by atoms with van der Waals surface area (Å²) in [6.07, 6.45) is -2.46. The minimum atomic E-state index is -2.07. The van der Waals surface area contributed by atoms with Gasteiger partial charge < -0.3 is 78.8 Å². The number of rotatable bonds is 13. The maximum absolute atomic E-state index is 13.2. The number of phenols is 1. The first kappa shape index (κ1) is 44.1. The van der Waals surface area contributed by atoms with E-state index < -0.39 is 91.6 Å². The molecule has 2 bridgehead atoms. The van der Waals surface area contributed by atoms with E-state index in [9.17, 15) is 50.4 Å². The van der Waals surface area contributed by atoms with Crippen LogP contribution in [0.25, 0.3) is 6.08 Å². The first-order valence-corrected chi connectivity index (χ1v) is 20.5. The highest BCUT2D eigenvalue weighted by Crippen LogP contribution is 2.73. The molecule has 330 valence electrons. The topological polar surface area (TPSA) is 261 Å². The predicted octanol–water partition coefficient (Wildman–Crippen LogP) is 0.569. The average molecular weight is 837 g/mol. The van der Waals surface area contributed by atoms with Gasteiger partial charge in [0.15, 0.2) is 29.7 Å². The van der Waals surface area contributed by atoms with Crippen molar-refractivity contribution in [3.63, 3.8) is 0 Å². The van der Waals surface area contributed by atoms with E-state index in [-0.39, 0.29) is 52.4 Å². The zero-order valence-corrected chi connectivity index (χ0v) is 34.0. The van der Waals surface area contributed by atoms with E-state index in [4.69, 9.17) is 33.2 Å². The fourth-order valence-electron chi connectivity index (χ4n) is 12.0. The first-order valence-electron chi connectivity index (χ1n) is 20.5. The highest BCUT2D eigenvalue weighted by Gasteiger charge is 2.69. The molecule has 4 aliphatic carbocycles. The van der Waals surface area contributed by atoms with E-state index in [1.165, 1.54) is 32.4 Å². The summed E-state index contributed by atoms with van der Waals surface area (Å²) >= 11 is 0. The molecule has 16 atom stereocenters. The van der Waals surface area contributed by atoms with Crippen LogP contribution in [0.4, 0.5) is 0 Å². The summed E-state index contributed by atoms with van der Waals surface area (Å²) in [5.41, 5.74) is -4.05. The number of fused-ring (bicyclic) bond motifs is 3. The molecule has 6 fully saturated rings. The van der Waals surface area contributed by atoms with Crippen molar-refractivity contribution >= 4 is 18.3 Å². The van der Waals surface area contributed by atoms with Gasteiger partial charge in [-0.25, -0.2) is 4.79 Å². The fraction of sp³-hybridized carbons (Fsp3) is 0.762. The van der Waals surface area contributed by atoms with Crippen LogP contribution in [0.5, 0.6) is 17.2 Å². The quantitative estimate of drug-likeness (QED) is 0.0585. The molecule has 17 heteroatoms. The second kappa shape index (κ2) is 16.4. The largest absolute Gasteiger partial charge is 0.502 e. The summed E-state index contributed by atoms with van der Waals surface area (Å²) in [5.74, 6) is -0.614. The minimum absolute atomic E-state index is 0.0629. The molecule has 1 spiro atoms. The molecule has 4 saturated carbocycles. The van der Waals surface area contributed by atoms with Crippen LogP contribution in [0.3, 0.4) is 0 Å². The molecule has 8 N–H and O–H groups in total. The van der Waals surface area contributed by atoms with Gasteiger partial charge in [0.2, 0.25) is 5.75 Å². The fourth-order valence-corrected chi connectivity index (χ4v) is 12.0. The van der Waals surface area contributed by atoms with Gasteiger partial charge in [-0.1, -0.05) is 13.8 Å². The van der Waals surface area contributed by atoms with Crippen molar-refractivity contribution in [2.45, 2.75) is 126 Å². The molecule has 0 radical (unpaired) electrons. The van der Waals surface area contributed by atoms with Crippen LogP contribution in [0.2, 0.25) is 0 Å². The summed E-state index contributed by atoms with van der Waals surface area (Å²) < 4.78 is 39.0. The molecule has 2 aliphatic heterocycles. The lowest BCUT2D eigenvalue weighted by molar-refractivity contribution is -0.332. The molecule has 0 amide bonds. The maximum atomic E-state index is 13.2.